The van der Waals surface area contributed by atoms with E-state index in [2.05, 4.69) is 133 Å². The zero-order valence-corrected chi connectivity index (χ0v) is 36.0. The minimum Gasteiger partial charge on any atom is -0.493 e. The number of hydrogen-bond donors (Lipinski definition) is 0. The summed E-state index contributed by atoms with van der Waals surface area (Å²) >= 11 is 0. The summed E-state index contributed by atoms with van der Waals surface area (Å²) in [6.07, 6.45) is 5.22. The summed E-state index contributed by atoms with van der Waals surface area (Å²) in [6, 6.07) is 66.3. The molecule has 64 heavy (non-hydrogen) atoms. The number of carbonyl (C=O) groups excluding carboxylic acids is 1. The topological polar surface area (TPSA) is 54.0 Å². The zero-order chi connectivity index (χ0) is 43.7. The maximum Gasteiger partial charge on any atom is 0.185 e. The van der Waals surface area contributed by atoms with E-state index in [1.807, 2.05) is 72.8 Å². The Balaban J connectivity index is 0.880. The molecule has 0 heterocycles. The van der Waals surface area contributed by atoms with Gasteiger partial charge in [-0.25, -0.2) is 0 Å². The predicted molar refractivity (Wildman–Crippen MR) is 259 cm³/mol. The molecular weight excluding hydrogens is 789 g/mol. The molecule has 0 amide bonds. The van der Waals surface area contributed by atoms with Crippen molar-refractivity contribution in [2.75, 3.05) is 14.2 Å². The fourth-order valence-electron chi connectivity index (χ4n) is 8.23. The van der Waals surface area contributed by atoms with Crippen molar-refractivity contribution in [2.45, 2.75) is 26.1 Å². The molecule has 1 aliphatic rings. The van der Waals surface area contributed by atoms with Gasteiger partial charge >= 0.3 is 0 Å². The molecule has 0 unspecified atom stereocenters. The van der Waals surface area contributed by atoms with Gasteiger partial charge in [0, 0.05) is 11.1 Å². The highest BCUT2D eigenvalue weighted by Gasteiger charge is 2.23. The number of ketones is 1. The van der Waals surface area contributed by atoms with E-state index in [1.54, 1.807) is 14.2 Å². The van der Waals surface area contributed by atoms with E-state index in [1.165, 1.54) is 0 Å². The van der Waals surface area contributed by atoms with Crippen LogP contribution in [0.1, 0.15) is 35.1 Å². The van der Waals surface area contributed by atoms with Crippen molar-refractivity contribution in [1.29, 1.82) is 0 Å². The van der Waals surface area contributed by atoms with Crippen molar-refractivity contribution in [1.82, 2.24) is 0 Å². The maximum atomic E-state index is 13.7. The maximum absolute atomic E-state index is 13.7. The van der Waals surface area contributed by atoms with Crippen LogP contribution in [0.2, 0.25) is 0 Å². The minimum atomic E-state index is 0.0404. The Labute approximate surface area is 375 Å². The van der Waals surface area contributed by atoms with Gasteiger partial charge in [-0.1, -0.05) is 133 Å². The summed E-state index contributed by atoms with van der Waals surface area (Å²) in [6.45, 7) is 0.722. The van der Waals surface area contributed by atoms with Crippen LogP contribution in [0, 0.1) is 0 Å². The lowest BCUT2D eigenvalue weighted by Crippen LogP contribution is -2.00. The van der Waals surface area contributed by atoms with Crippen LogP contribution in [-0.2, 0) is 18.0 Å². The first kappa shape index (κ1) is 41.5. The van der Waals surface area contributed by atoms with Gasteiger partial charge in [0.25, 0.3) is 0 Å². The van der Waals surface area contributed by atoms with Gasteiger partial charge in [0.1, 0.15) is 13.2 Å². The zero-order valence-electron chi connectivity index (χ0n) is 36.0. The third-order valence-electron chi connectivity index (χ3n) is 11.5. The highest BCUT2D eigenvalue weighted by Crippen LogP contribution is 2.37. The molecule has 1 aliphatic carbocycles. The number of rotatable bonds is 14. The molecule has 0 saturated heterocycles. The van der Waals surface area contributed by atoms with Crippen molar-refractivity contribution in [3.63, 3.8) is 0 Å². The number of allylic oxidation sites excluding steroid dienone is 2. The first-order valence-electron chi connectivity index (χ1n) is 21.6. The summed E-state index contributed by atoms with van der Waals surface area (Å²) in [7, 11) is 3.28. The predicted octanol–water partition coefficient (Wildman–Crippen LogP) is 14.4. The van der Waals surface area contributed by atoms with Gasteiger partial charge in [0.05, 0.1) is 14.2 Å². The molecule has 8 aromatic rings. The van der Waals surface area contributed by atoms with Gasteiger partial charge in [-0.2, -0.15) is 0 Å². The lowest BCUT2D eigenvalue weighted by Gasteiger charge is -2.14. The van der Waals surface area contributed by atoms with Crippen molar-refractivity contribution in [2.24, 2.45) is 0 Å². The SMILES string of the molecule is COc1cc(/C=C2\CC/C(=C\c3ccc(OCc4cc(-c5ccccc5)cc(-c5ccccc5)c4)c(OC)c3)C2=O)ccc1OCc1cc(-c2ccccc2)cc(-c2ccccc2)c1. The van der Waals surface area contributed by atoms with Crippen LogP contribution in [0.25, 0.3) is 56.7 Å². The monoisotopic (exact) mass is 836 g/mol. The number of hydrogen-bond acceptors (Lipinski definition) is 5. The Hall–Kier alpha value is -7.89. The Bertz CT molecular complexity index is 2640. The smallest absolute Gasteiger partial charge is 0.185 e. The third kappa shape index (κ3) is 9.75. The molecule has 0 aromatic heterocycles. The van der Waals surface area contributed by atoms with Crippen molar-refractivity contribution < 1.29 is 23.7 Å². The van der Waals surface area contributed by atoms with Gasteiger partial charge in [0.15, 0.2) is 28.8 Å². The molecule has 0 atom stereocenters. The van der Waals surface area contributed by atoms with Crippen molar-refractivity contribution in [3.8, 4) is 67.5 Å². The first-order valence-corrected chi connectivity index (χ1v) is 21.6. The molecule has 5 nitrogen and oxygen atoms in total. The molecule has 8 aromatic carbocycles. The molecule has 9 rings (SSSR count). The van der Waals surface area contributed by atoms with E-state index < -0.39 is 0 Å². The number of carbonyl (C=O) groups is 1. The highest BCUT2D eigenvalue weighted by atomic mass is 16.5. The molecule has 314 valence electrons. The second-order valence-corrected chi connectivity index (χ2v) is 15.9. The van der Waals surface area contributed by atoms with Gasteiger partial charge in [-0.3, -0.25) is 4.79 Å². The van der Waals surface area contributed by atoms with Crippen molar-refractivity contribution in [3.05, 3.63) is 228 Å². The number of benzene rings is 8. The Kier molecular flexibility index (Phi) is 12.6. The van der Waals surface area contributed by atoms with Crippen LogP contribution in [0.5, 0.6) is 23.0 Å². The van der Waals surface area contributed by atoms with Crippen LogP contribution in [0.3, 0.4) is 0 Å². The van der Waals surface area contributed by atoms with E-state index in [-0.39, 0.29) is 5.78 Å². The minimum absolute atomic E-state index is 0.0404. The fraction of sp³-hybridized carbons (Fsp3) is 0.102. The summed E-state index contributed by atoms with van der Waals surface area (Å²) in [5.74, 6) is 2.52. The number of Topliss-reactive ketones (excluding diaryl/α,β-unsaturated/α-hetero) is 1. The molecule has 0 aliphatic heterocycles. The molecule has 0 N–H and O–H groups in total. The Morgan fingerprint density at radius 3 is 1.02 bits per heavy atom. The largest absolute Gasteiger partial charge is 0.493 e. The highest BCUT2D eigenvalue weighted by molar-refractivity contribution is 6.15. The molecule has 1 fully saturated rings. The summed E-state index contributed by atoms with van der Waals surface area (Å²) in [4.78, 5) is 13.7. The van der Waals surface area contributed by atoms with E-state index in [0.29, 0.717) is 49.1 Å². The fourth-order valence-corrected chi connectivity index (χ4v) is 8.23. The van der Waals surface area contributed by atoms with E-state index >= 15 is 0 Å². The molecular formula is C59H48O5. The normalized spacial score (nSPS) is 13.6. The average molecular weight is 837 g/mol. The van der Waals surface area contributed by atoms with Gasteiger partial charge in [-0.05, 0) is 152 Å². The summed E-state index contributed by atoms with van der Waals surface area (Å²) < 4.78 is 24.4. The standard InChI is InChI=1S/C59H48O5/c1-61-57-35-41(23-27-55(57)63-39-43-31-51(45-15-7-3-8-16-45)37-52(32-43)46-17-9-4-10-18-46)29-49-25-26-50(59(49)60)30-42-24-28-56(58(36-42)62-2)64-40-44-33-53(47-19-11-5-12-20-47)38-54(34-44)48-21-13-6-14-22-48/h3-24,27-38H,25-26,39-40H2,1-2H3/b49-29+,50-30+. The molecule has 0 spiro atoms. The molecule has 5 heteroatoms. The average Bonchev–Trinajstić information content (AvgIpc) is 3.70. The van der Waals surface area contributed by atoms with Gasteiger partial charge in [0.2, 0.25) is 0 Å². The lowest BCUT2D eigenvalue weighted by molar-refractivity contribution is -0.111. The van der Waals surface area contributed by atoms with Crippen LogP contribution >= 0.6 is 0 Å². The number of ether oxygens (including phenoxy) is 4. The first-order chi connectivity index (χ1) is 31.5. The van der Waals surface area contributed by atoms with E-state index in [0.717, 1.165) is 77.9 Å². The Morgan fingerprint density at radius 2 is 0.703 bits per heavy atom. The van der Waals surface area contributed by atoms with E-state index in [4.69, 9.17) is 18.9 Å². The molecule has 1 saturated carbocycles. The van der Waals surface area contributed by atoms with Crippen LogP contribution in [0.15, 0.2) is 205 Å². The lowest BCUT2D eigenvalue weighted by atomic mass is 9.96. The Morgan fingerprint density at radius 1 is 0.375 bits per heavy atom. The quantitative estimate of drug-likeness (QED) is 0.102. The van der Waals surface area contributed by atoms with E-state index in [9.17, 15) is 4.79 Å². The molecule has 0 bridgehead atoms. The summed E-state index contributed by atoms with van der Waals surface area (Å²) in [5.41, 5.74) is 14.5. The second-order valence-electron chi connectivity index (χ2n) is 15.9. The second kappa shape index (κ2) is 19.4. The summed E-state index contributed by atoms with van der Waals surface area (Å²) in [5, 5.41) is 0. The van der Waals surface area contributed by atoms with Crippen LogP contribution < -0.4 is 18.9 Å². The van der Waals surface area contributed by atoms with Crippen molar-refractivity contribution >= 4 is 17.9 Å². The third-order valence-corrected chi connectivity index (χ3v) is 11.5. The molecule has 0 radical (unpaired) electrons. The van der Waals surface area contributed by atoms with Gasteiger partial charge in [-0.15, -0.1) is 0 Å². The van der Waals surface area contributed by atoms with Crippen LogP contribution in [-0.4, -0.2) is 20.0 Å². The van der Waals surface area contributed by atoms with Crippen LogP contribution in [0.4, 0.5) is 0 Å². The number of methoxy groups -OCH3 is 2. The van der Waals surface area contributed by atoms with Gasteiger partial charge < -0.3 is 18.9 Å².